The molecule has 2 aromatic rings. The quantitative estimate of drug-likeness (QED) is 0.578. The van der Waals surface area contributed by atoms with Gasteiger partial charge in [-0.2, -0.15) is 5.10 Å². The van der Waals surface area contributed by atoms with Crippen molar-refractivity contribution in [3.63, 3.8) is 0 Å². The number of hydrogen-bond donors (Lipinski definition) is 1. The van der Waals surface area contributed by atoms with Gasteiger partial charge in [0.1, 0.15) is 5.60 Å². The Morgan fingerprint density at radius 2 is 1.87 bits per heavy atom. The number of benzene rings is 1. The summed E-state index contributed by atoms with van der Waals surface area (Å²) in [6.07, 6.45) is -0.441. The summed E-state index contributed by atoms with van der Waals surface area (Å²) in [5.74, 6) is -0.0775. The van der Waals surface area contributed by atoms with E-state index in [0.717, 1.165) is 11.3 Å². The van der Waals surface area contributed by atoms with Crippen molar-refractivity contribution in [2.75, 3.05) is 5.32 Å². The van der Waals surface area contributed by atoms with E-state index in [1.165, 1.54) is 24.3 Å². The van der Waals surface area contributed by atoms with E-state index in [9.17, 15) is 19.7 Å². The van der Waals surface area contributed by atoms with Gasteiger partial charge in [-0.15, -0.1) is 0 Å². The lowest BCUT2D eigenvalue weighted by Gasteiger charge is -2.34. The summed E-state index contributed by atoms with van der Waals surface area (Å²) in [6, 6.07) is 5.33. The third-order valence-electron chi connectivity index (χ3n) is 5.11. The Morgan fingerprint density at radius 1 is 1.26 bits per heavy atom. The summed E-state index contributed by atoms with van der Waals surface area (Å²) in [5, 5.41) is 18.1. The largest absolute Gasteiger partial charge is 0.444 e. The van der Waals surface area contributed by atoms with E-state index in [-0.39, 0.29) is 17.8 Å². The number of aryl methyl sites for hydroxylation is 1. The fraction of sp³-hybridized carbons (Fsp3) is 0.476. The van der Waals surface area contributed by atoms with Gasteiger partial charge in [0.05, 0.1) is 22.7 Å². The van der Waals surface area contributed by atoms with Crippen LogP contribution < -0.4 is 5.32 Å². The fourth-order valence-electron chi connectivity index (χ4n) is 3.67. The molecule has 1 aromatic carbocycles. The number of nitro benzene ring substituents is 1. The van der Waals surface area contributed by atoms with Crippen molar-refractivity contribution in [1.82, 2.24) is 14.7 Å². The number of nitro groups is 1. The average molecular weight is 429 g/mol. The van der Waals surface area contributed by atoms with Crippen LogP contribution in [0.2, 0.25) is 0 Å². The number of rotatable bonds is 4. The normalized spacial score (nSPS) is 14.8. The maximum absolute atomic E-state index is 12.8. The second-order valence-corrected chi connectivity index (χ2v) is 8.88. The Bertz CT molecular complexity index is 1030. The van der Waals surface area contributed by atoms with Crippen LogP contribution in [0.5, 0.6) is 0 Å². The number of aromatic nitrogens is 2. The van der Waals surface area contributed by atoms with Gasteiger partial charge in [-0.1, -0.05) is 0 Å². The number of carbonyl (C=O) groups is 2. The summed E-state index contributed by atoms with van der Waals surface area (Å²) in [5.41, 5.74) is 0.435. The van der Waals surface area contributed by atoms with E-state index in [4.69, 9.17) is 4.74 Å². The molecule has 1 aliphatic rings. The molecule has 3 rings (SSSR count). The zero-order chi connectivity index (χ0) is 23.1. The summed E-state index contributed by atoms with van der Waals surface area (Å²) >= 11 is 0. The molecule has 0 bridgehead atoms. The third-order valence-corrected chi connectivity index (χ3v) is 5.11. The van der Waals surface area contributed by atoms with Crippen LogP contribution in [0.25, 0.3) is 0 Å². The van der Waals surface area contributed by atoms with Gasteiger partial charge in [-0.25, -0.2) is 4.79 Å². The minimum Gasteiger partial charge on any atom is -0.444 e. The molecular formula is C21H27N5O5. The molecule has 166 valence electrons. The van der Waals surface area contributed by atoms with Gasteiger partial charge < -0.3 is 10.1 Å². The van der Waals surface area contributed by atoms with Crippen LogP contribution >= 0.6 is 0 Å². The molecular weight excluding hydrogens is 402 g/mol. The number of nitrogens with zero attached hydrogens (tertiary/aromatic N) is 4. The molecule has 0 spiro atoms. The fourth-order valence-corrected chi connectivity index (χ4v) is 3.67. The summed E-state index contributed by atoms with van der Waals surface area (Å²) in [6.45, 7) is 12.0. The first-order chi connectivity index (χ1) is 14.3. The summed E-state index contributed by atoms with van der Waals surface area (Å²) in [4.78, 5) is 37.5. The van der Waals surface area contributed by atoms with Crippen molar-refractivity contribution in [3.8, 4) is 0 Å². The molecule has 1 aromatic heterocycles. The predicted octanol–water partition coefficient (Wildman–Crippen LogP) is 4.05. The second-order valence-electron chi connectivity index (χ2n) is 8.88. The Morgan fingerprint density at radius 3 is 2.39 bits per heavy atom. The van der Waals surface area contributed by atoms with Crippen LogP contribution in [-0.4, -0.2) is 37.2 Å². The van der Waals surface area contributed by atoms with Crippen LogP contribution in [0, 0.1) is 10.1 Å². The first-order valence-electron chi connectivity index (χ1n) is 10.0. The Hall–Kier alpha value is -3.43. The summed E-state index contributed by atoms with van der Waals surface area (Å²) in [7, 11) is 0. The highest BCUT2D eigenvalue weighted by Crippen LogP contribution is 2.42. The number of fused-ring (bicyclic) bond motifs is 1. The van der Waals surface area contributed by atoms with Gasteiger partial charge in [0.2, 0.25) is 0 Å². The molecule has 2 heterocycles. The Balaban J connectivity index is 1.90. The monoisotopic (exact) mass is 429 g/mol. The molecule has 0 unspecified atom stereocenters. The van der Waals surface area contributed by atoms with Crippen molar-refractivity contribution >= 4 is 23.5 Å². The number of hydrogen-bond acceptors (Lipinski definition) is 6. The molecule has 0 aliphatic carbocycles. The molecule has 0 radical (unpaired) electrons. The molecule has 2 amide bonds. The molecule has 10 heteroatoms. The lowest BCUT2D eigenvalue weighted by Crippen LogP contribution is -2.44. The number of ether oxygens (including phenoxy) is 1. The van der Waals surface area contributed by atoms with Gasteiger partial charge in [-0.3, -0.25) is 24.5 Å². The molecule has 1 N–H and O–H groups in total. The smallest absolute Gasteiger partial charge is 0.411 e. The van der Waals surface area contributed by atoms with Gasteiger partial charge in [0, 0.05) is 29.8 Å². The van der Waals surface area contributed by atoms with Crippen molar-refractivity contribution in [2.24, 2.45) is 0 Å². The highest BCUT2D eigenvalue weighted by molar-refractivity contribution is 6.04. The number of nitrogens with one attached hydrogen (secondary N) is 1. The maximum atomic E-state index is 12.8. The minimum atomic E-state index is -0.684. The minimum absolute atomic E-state index is 0.0949. The zero-order valence-electron chi connectivity index (χ0n) is 18.6. The first-order valence-corrected chi connectivity index (χ1v) is 10.0. The molecule has 31 heavy (non-hydrogen) atoms. The highest BCUT2D eigenvalue weighted by Gasteiger charge is 2.46. The van der Waals surface area contributed by atoms with Crippen molar-refractivity contribution < 1.29 is 19.2 Å². The summed E-state index contributed by atoms with van der Waals surface area (Å²) < 4.78 is 7.34. The zero-order valence-corrected chi connectivity index (χ0v) is 18.6. The van der Waals surface area contributed by atoms with E-state index in [1.54, 1.807) is 9.58 Å². The van der Waals surface area contributed by atoms with Gasteiger partial charge >= 0.3 is 6.09 Å². The van der Waals surface area contributed by atoms with E-state index in [0.29, 0.717) is 12.4 Å². The van der Waals surface area contributed by atoms with Crippen molar-refractivity contribution in [1.29, 1.82) is 0 Å². The van der Waals surface area contributed by atoms with E-state index >= 15 is 0 Å². The number of non-ortho nitro benzene ring substituents is 1. The van der Waals surface area contributed by atoms with E-state index in [1.807, 2.05) is 41.5 Å². The Labute approximate surface area is 180 Å². The lowest BCUT2D eigenvalue weighted by molar-refractivity contribution is -0.384. The van der Waals surface area contributed by atoms with Gasteiger partial charge in [0.15, 0.2) is 5.82 Å². The lowest BCUT2D eigenvalue weighted by atomic mass is 10.0. The van der Waals surface area contributed by atoms with Gasteiger partial charge in [-0.05, 0) is 53.7 Å². The molecule has 0 saturated heterocycles. The Kier molecular flexibility index (Phi) is 5.51. The second kappa shape index (κ2) is 7.68. The van der Waals surface area contributed by atoms with Crippen LogP contribution in [-0.2, 0) is 23.4 Å². The molecule has 10 nitrogen and oxygen atoms in total. The van der Waals surface area contributed by atoms with Crippen LogP contribution in [0.3, 0.4) is 0 Å². The van der Waals surface area contributed by atoms with Gasteiger partial charge in [0.25, 0.3) is 11.6 Å². The van der Waals surface area contributed by atoms with Crippen LogP contribution in [0.4, 0.5) is 16.3 Å². The predicted molar refractivity (Wildman–Crippen MR) is 114 cm³/mol. The third kappa shape index (κ3) is 4.23. The van der Waals surface area contributed by atoms with Crippen molar-refractivity contribution in [3.05, 3.63) is 51.2 Å². The maximum Gasteiger partial charge on any atom is 0.411 e. The molecule has 0 saturated carbocycles. The molecule has 1 aliphatic heterocycles. The molecule has 0 atom stereocenters. The first kappa shape index (κ1) is 22.3. The average Bonchev–Trinajstić information content (AvgIpc) is 3.15. The number of carbonyl (C=O) groups excluding carboxylic acids is 2. The van der Waals surface area contributed by atoms with E-state index < -0.39 is 28.1 Å². The van der Waals surface area contributed by atoms with Crippen LogP contribution in [0.1, 0.15) is 63.2 Å². The number of amides is 2. The van der Waals surface area contributed by atoms with Crippen LogP contribution in [0.15, 0.2) is 24.3 Å². The molecule has 0 fully saturated rings. The standard InChI is InChI=1S/C21H27N5O5/c1-7-25-16-15(12-24(21(16,5)6)19(28)31-20(2,3)4)17(23-25)22-18(27)13-8-10-14(11-9-13)26(29)30/h8-11H,7,12H2,1-6H3,(H,22,23,27). The topological polar surface area (TPSA) is 120 Å². The highest BCUT2D eigenvalue weighted by atomic mass is 16.6. The van der Waals surface area contributed by atoms with E-state index in [2.05, 4.69) is 10.4 Å². The number of anilines is 1. The van der Waals surface area contributed by atoms with Crippen molar-refractivity contribution in [2.45, 2.75) is 65.8 Å². The SMILES string of the molecule is CCn1nc(NC(=O)c2ccc([N+](=O)[O-])cc2)c2c1C(C)(C)N(C(=O)OC(C)(C)C)C2.